The predicted octanol–water partition coefficient (Wildman–Crippen LogP) is 4.46. The lowest BCUT2D eigenvalue weighted by Gasteiger charge is -2.11. The second-order valence-corrected chi connectivity index (χ2v) is 8.54. The molecule has 1 aliphatic rings. The van der Waals surface area contributed by atoms with Gasteiger partial charge in [0.2, 0.25) is 5.91 Å². The third-order valence-corrected chi connectivity index (χ3v) is 6.22. The molecule has 4 aromatic rings. The fraction of sp³-hybridized carbons (Fsp3) is 0.120. The van der Waals surface area contributed by atoms with Crippen molar-refractivity contribution in [2.75, 3.05) is 11.1 Å². The summed E-state index contributed by atoms with van der Waals surface area (Å²) in [5, 5.41) is 11.8. The summed E-state index contributed by atoms with van der Waals surface area (Å²) in [5.74, 6) is 0.124. The first-order valence-electron chi connectivity index (χ1n) is 10.5. The molecule has 170 valence electrons. The fourth-order valence-electron chi connectivity index (χ4n) is 3.64. The van der Waals surface area contributed by atoms with Crippen LogP contribution in [-0.2, 0) is 17.8 Å². The monoisotopic (exact) mass is 474 g/mol. The van der Waals surface area contributed by atoms with Gasteiger partial charge < -0.3 is 10.1 Å². The van der Waals surface area contributed by atoms with Crippen LogP contribution in [0, 0.1) is 5.82 Å². The zero-order valence-corrected chi connectivity index (χ0v) is 18.7. The second-order valence-electron chi connectivity index (χ2n) is 7.60. The van der Waals surface area contributed by atoms with E-state index in [0.29, 0.717) is 16.5 Å². The normalized spacial score (nSPS) is 12.3. The maximum absolute atomic E-state index is 14.0. The third kappa shape index (κ3) is 4.55. The fourth-order valence-corrected chi connectivity index (χ4v) is 4.51. The Morgan fingerprint density at radius 3 is 2.68 bits per heavy atom. The first kappa shape index (κ1) is 21.8. The van der Waals surface area contributed by atoms with E-state index in [1.165, 1.54) is 17.8 Å². The summed E-state index contributed by atoms with van der Waals surface area (Å²) in [4.78, 5) is 24.4. The smallest absolute Gasteiger partial charge is 0.228 e. The zero-order chi connectivity index (χ0) is 23.5. The minimum Gasteiger partial charge on any atom is -0.483 e. The van der Waals surface area contributed by atoms with Crippen LogP contribution in [0.1, 0.15) is 21.7 Å². The number of halogens is 1. The van der Waals surface area contributed by atoms with Gasteiger partial charge in [0.1, 0.15) is 6.61 Å². The lowest BCUT2D eigenvalue weighted by atomic mass is 10.1. The number of carbonyl (C=O) groups excluding carboxylic acids is 2. The Kier molecular flexibility index (Phi) is 6.09. The van der Waals surface area contributed by atoms with Gasteiger partial charge in [-0.2, -0.15) is 0 Å². The van der Waals surface area contributed by atoms with Crippen molar-refractivity contribution in [3.63, 3.8) is 0 Å². The number of aromatic nitrogens is 3. The van der Waals surface area contributed by atoms with E-state index in [4.69, 9.17) is 4.74 Å². The molecule has 3 aromatic carbocycles. The number of rotatable bonds is 8. The molecule has 0 atom stereocenters. The van der Waals surface area contributed by atoms with Gasteiger partial charge in [0.05, 0.1) is 12.2 Å². The van der Waals surface area contributed by atoms with Crippen molar-refractivity contribution in [1.29, 1.82) is 0 Å². The van der Waals surface area contributed by atoms with Crippen LogP contribution in [0.5, 0.6) is 5.75 Å². The van der Waals surface area contributed by atoms with Crippen molar-refractivity contribution in [2.45, 2.75) is 18.2 Å². The van der Waals surface area contributed by atoms with Crippen LogP contribution >= 0.6 is 11.8 Å². The number of benzene rings is 3. The Morgan fingerprint density at radius 1 is 1.06 bits per heavy atom. The van der Waals surface area contributed by atoms with E-state index in [-0.39, 0.29) is 36.2 Å². The van der Waals surface area contributed by atoms with Crippen LogP contribution in [0.2, 0.25) is 0 Å². The molecule has 0 bridgehead atoms. The standard InChI is InChI=1S/C25H19FN4O3S/c26-19-8-4-5-9-22(19)33-14-23-28-29-25(30(23)18-6-2-1-3-7-18)34-15-21(31)16-10-11-20-17(12-16)13-24(32)27-20/h1-12H,13-15H2,(H,27,32). The highest BCUT2D eigenvalue weighted by Gasteiger charge is 2.21. The quantitative estimate of drug-likeness (QED) is 0.300. The number of carbonyl (C=O) groups is 2. The van der Waals surface area contributed by atoms with Crippen LogP contribution in [0.15, 0.2) is 78.0 Å². The highest BCUT2D eigenvalue weighted by Crippen LogP contribution is 2.27. The largest absolute Gasteiger partial charge is 0.483 e. The van der Waals surface area contributed by atoms with Crippen molar-refractivity contribution < 1.29 is 18.7 Å². The van der Waals surface area contributed by atoms with Crippen molar-refractivity contribution >= 4 is 29.1 Å². The molecule has 1 aromatic heterocycles. The second kappa shape index (κ2) is 9.48. The number of nitrogens with zero attached hydrogens (tertiary/aromatic N) is 3. The summed E-state index contributed by atoms with van der Waals surface area (Å²) < 4.78 is 21.4. The molecule has 34 heavy (non-hydrogen) atoms. The summed E-state index contributed by atoms with van der Waals surface area (Å²) in [7, 11) is 0. The number of ether oxygens (including phenoxy) is 1. The summed E-state index contributed by atoms with van der Waals surface area (Å²) in [6.45, 7) is 0.00316. The van der Waals surface area contributed by atoms with Gasteiger partial charge in [-0.05, 0) is 48.0 Å². The molecule has 2 heterocycles. The van der Waals surface area contributed by atoms with Crippen molar-refractivity contribution in [3.05, 3.63) is 95.6 Å². The van der Waals surface area contributed by atoms with Gasteiger partial charge in [-0.25, -0.2) is 4.39 Å². The van der Waals surface area contributed by atoms with E-state index < -0.39 is 5.82 Å². The summed E-state index contributed by atoms with van der Waals surface area (Å²) >= 11 is 1.25. The molecule has 0 unspecified atom stereocenters. The van der Waals surface area contributed by atoms with E-state index in [9.17, 15) is 14.0 Å². The maximum Gasteiger partial charge on any atom is 0.228 e. The van der Waals surface area contributed by atoms with Gasteiger partial charge in [0, 0.05) is 16.9 Å². The first-order valence-corrected chi connectivity index (χ1v) is 11.5. The lowest BCUT2D eigenvalue weighted by Crippen LogP contribution is -2.08. The number of nitrogens with one attached hydrogen (secondary N) is 1. The molecule has 0 aliphatic carbocycles. The van der Waals surface area contributed by atoms with Gasteiger partial charge in [-0.15, -0.1) is 10.2 Å². The Balaban J connectivity index is 1.35. The Hall–Kier alpha value is -3.98. The Morgan fingerprint density at radius 2 is 1.85 bits per heavy atom. The van der Waals surface area contributed by atoms with E-state index in [1.807, 2.05) is 30.3 Å². The molecule has 7 nitrogen and oxygen atoms in total. The van der Waals surface area contributed by atoms with Crippen LogP contribution < -0.4 is 10.1 Å². The van der Waals surface area contributed by atoms with Gasteiger partial charge in [0.25, 0.3) is 0 Å². The molecule has 1 amide bonds. The van der Waals surface area contributed by atoms with E-state index in [0.717, 1.165) is 16.9 Å². The van der Waals surface area contributed by atoms with Crippen molar-refractivity contribution in [3.8, 4) is 11.4 Å². The Bertz CT molecular complexity index is 1370. The molecule has 9 heteroatoms. The minimum atomic E-state index is -0.459. The average Bonchev–Trinajstić information content (AvgIpc) is 3.44. The van der Waals surface area contributed by atoms with Crippen molar-refractivity contribution in [1.82, 2.24) is 14.8 Å². The van der Waals surface area contributed by atoms with Crippen LogP contribution in [-0.4, -0.2) is 32.2 Å². The van der Waals surface area contributed by atoms with E-state index in [1.54, 1.807) is 41.0 Å². The molecule has 0 fully saturated rings. The SMILES string of the molecule is O=C1Cc2cc(C(=O)CSc3nnc(COc4ccccc4F)n3-c3ccccc3)ccc2N1. The summed E-state index contributed by atoms with van der Waals surface area (Å²) in [6, 6.07) is 20.8. The number of para-hydroxylation sites is 2. The number of Topliss-reactive ketones (excluding diaryl/α,β-unsaturated/α-hetero) is 1. The number of ketones is 1. The van der Waals surface area contributed by atoms with E-state index >= 15 is 0 Å². The van der Waals surface area contributed by atoms with Crippen LogP contribution in [0.25, 0.3) is 5.69 Å². The molecule has 5 rings (SSSR count). The topological polar surface area (TPSA) is 86.1 Å². The number of amides is 1. The van der Waals surface area contributed by atoms with Crippen LogP contribution in [0.4, 0.5) is 10.1 Å². The van der Waals surface area contributed by atoms with Crippen molar-refractivity contribution in [2.24, 2.45) is 0 Å². The highest BCUT2D eigenvalue weighted by molar-refractivity contribution is 7.99. The lowest BCUT2D eigenvalue weighted by molar-refractivity contribution is -0.115. The molecule has 0 saturated heterocycles. The predicted molar refractivity (Wildman–Crippen MR) is 126 cm³/mol. The number of anilines is 1. The van der Waals surface area contributed by atoms with Gasteiger partial charge in [-0.3, -0.25) is 14.2 Å². The summed E-state index contributed by atoms with van der Waals surface area (Å²) in [6.07, 6.45) is 0.275. The van der Waals surface area contributed by atoms with Crippen LogP contribution in [0.3, 0.4) is 0 Å². The zero-order valence-electron chi connectivity index (χ0n) is 17.9. The van der Waals surface area contributed by atoms with Gasteiger partial charge in [-0.1, -0.05) is 42.1 Å². The molecule has 0 spiro atoms. The number of hydrogen-bond donors (Lipinski definition) is 1. The number of hydrogen-bond acceptors (Lipinski definition) is 6. The molecular weight excluding hydrogens is 455 g/mol. The summed E-state index contributed by atoms with van der Waals surface area (Å²) in [5.41, 5.74) is 2.91. The van der Waals surface area contributed by atoms with Gasteiger partial charge >= 0.3 is 0 Å². The van der Waals surface area contributed by atoms with Gasteiger partial charge in [0.15, 0.2) is 28.3 Å². The molecular formula is C25H19FN4O3S. The molecule has 0 radical (unpaired) electrons. The number of fused-ring (bicyclic) bond motifs is 1. The third-order valence-electron chi connectivity index (χ3n) is 5.29. The molecule has 1 N–H and O–H groups in total. The molecule has 1 aliphatic heterocycles. The first-order chi connectivity index (χ1) is 16.6. The van der Waals surface area contributed by atoms with E-state index in [2.05, 4.69) is 15.5 Å². The minimum absolute atomic E-state index is 0.00316. The Labute approximate surface area is 199 Å². The number of thioether (sulfide) groups is 1. The highest BCUT2D eigenvalue weighted by atomic mass is 32.2. The molecule has 0 saturated carbocycles. The maximum atomic E-state index is 14.0. The average molecular weight is 475 g/mol.